The van der Waals surface area contributed by atoms with E-state index in [-0.39, 0.29) is 18.0 Å². The number of halogens is 4. The summed E-state index contributed by atoms with van der Waals surface area (Å²) >= 11 is 0. The molecule has 6 heteroatoms. The molecule has 1 aromatic rings. The summed E-state index contributed by atoms with van der Waals surface area (Å²) < 4.78 is 52.0. The highest BCUT2D eigenvalue weighted by atomic mass is 19.4. The number of alkyl halides is 3. The van der Waals surface area contributed by atoms with Crippen molar-refractivity contribution in [3.05, 3.63) is 35.1 Å². The standard InChI is InChI=1S/C15H20F4N2/c1-9(2)21-6-5-11(8-20)14(21)10-3-4-13(16)12(7-10)15(17,18)19/h3-4,7,9,11,14H,5-6,8,20H2,1-2H3. The minimum absolute atomic E-state index is 0.0962. The molecule has 0 aromatic heterocycles. The van der Waals surface area contributed by atoms with E-state index < -0.39 is 17.6 Å². The maximum absolute atomic E-state index is 13.4. The van der Waals surface area contributed by atoms with Crippen LogP contribution in [0, 0.1) is 11.7 Å². The molecule has 2 nitrogen and oxygen atoms in total. The molecule has 1 aliphatic rings. The zero-order valence-electron chi connectivity index (χ0n) is 12.1. The van der Waals surface area contributed by atoms with Crippen LogP contribution in [0.1, 0.15) is 37.4 Å². The second-order valence-electron chi connectivity index (χ2n) is 5.80. The lowest BCUT2D eigenvalue weighted by Gasteiger charge is -2.31. The Balaban J connectivity index is 2.43. The average Bonchev–Trinajstić information content (AvgIpc) is 2.81. The van der Waals surface area contributed by atoms with Gasteiger partial charge in [-0.3, -0.25) is 4.90 Å². The van der Waals surface area contributed by atoms with Crippen LogP contribution in [0.5, 0.6) is 0 Å². The first-order chi connectivity index (χ1) is 9.75. The van der Waals surface area contributed by atoms with Gasteiger partial charge in [0.25, 0.3) is 0 Å². The van der Waals surface area contributed by atoms with Gasteiger partial charge in [0, 0.05) is 12.1 Å². The van der Waals surface area contributed by atoms with Gasteiger partial charge >= 0.3 is 6.18 Å². The molecule has 2 atom stereocenters. The fourth-order valence-corrected chi connectivity index (χ4v) is 3.12. The Morgan fingerprint density at radius 3 is 2.52 bits per heavy atom. The summed E-state index contributed by atoms with van der Waals surface area (Å²) in [7, 11) is 0. The van der Waals surface area contributed by atoms with Crippen LogP contribution >= 0.6 is 0 Å². The molecular weight excluding hydrogens is 284 g/mol. The maximum atomic E-state index is 13.4. The van der Waals surface area contributed by atoms with Gasteiger partial charge in [-0.1, -0.05) is 6.07 Å². The van der Waals surface area contributed by atoms with E-state index >= 15 is 0 Å². The summed E-state index contributed by atoms with van der Waals surface area (Å²) in [5, 5.41) is 0. The Hall–Kier alpha value is -1.14. The summed E-state index contributed by atoms with van der Waals surface area (Å²) in [5.74, 6) is -1.14. The highest BCUT2D eigenvalue weighted by Gasteiger charge is 2.39. The summed E-state index contributed by atoms with van der Waals surface area (Å²) in [4.78, 5) is 2.13. The molecule has 118 valence electrons. The van der Waals surface area contributed by atoms with E-state index in [1.807, 2.05) is 13.8 Å². The van der Waals surface area contributed by atoms with Crippen molar-refractivity contribution in [1.82, 2.24) is 4.90 Å². The van der Waals surface area contributed by atoms with Crippen LogP contribution in [0.4, 0.5) is 17.6 Å². The lowest BCUT2D eigenvalue weighted by molar-refractivity contribution is -0.140. The van der Waals surface area contributed by atoms with Crippen molar-refractivity contribution in [1.29, 1.82) is 0 Å². The van der Waals surface area contributed by atoms with Gasteiger partial charge in [0.05, 0.1) is 5.56 Å². The largest absolute Gasteiger partial charge is 0.419 e. The van der Waals surface area contributed by atoms with Crippen molar-refractivity contribution in [2.24, 2.45) is 11.7 Å². The normalized spacial score (nSPS) is 24.0. The fourth-order valence-electron chi connectivity index (χ4n) is 3.12. The monoisotopic (exact) mass is 304 g/mol. The lowest BCUT2D eigenvalue weighted by Crippen LogP contribution is -2.33. The average molecular weight is 304 g/mol. The molecule has 1 heterocycles. The number of hydrogen-bond acceptors (Lipinski definition) is 2. The van der Waals surface area contributed by atoms with E-state index in [9.17, 15) is 17.6 Å². The molecule has 21 heavy (non-hydrogen) atoms. The molecule has 0 spiro atoms. The number of nitrogens with zero attached hydrogens (tertiary/aromatic N) is 1. The first-order valence-electron chi connectivity index (χ1n) is 7.08. The van der Waals surface area contributed by atoms with Crippen molar-refractivity contribution in [2.45, 2.75) is 38.5 Å². The first kappa shape index (κ1) is 16.2. The number of nitrogens with two attached hydrogens (primary N) is 1. The van der Waals surface area contributed by atoms with Crippen molar-refractivity contribution in [3.8, 4) is 0 Å². The smallest absolute Gasteiger partial charge is 0.330 e. The molecule has 1 fully saturated rings. The summed E-state index contributed by atoms with van der Waals surface area (Å²) in [5.41, 5.74) is 5.04. The van der Waals surface area contributed by atoms with E-state index in [4.69, 9.17) is 5.73 Å². The number of hydrogen-bond donors (Lipinski definition) is 1. The van der Waals surface area contributed by atoms with E-state index in [2.05, 4.69) is 4.90 Å². The van der Waals surface area contributed by atoms with Crippen LogP contribution in [0.2, 0.25) is 0 Å². The molecule has 1 aromatic carbocycles. The molecule has 1 aliphatic heterocycles. The van der Waals surface area contributed by atoms with Gasteiger partial charge in [-0.25, -0.2) is 4.39 Å². The van der Waals surface area contributed by atoms with Crippen LogP contribution in [0.3, 0.4) is 0 Å². The summed E-state index contributed by atoms with van der Waals surface area (Å²) in [6.07, 6.45) is -3.84. The lowest BCUT2D eigenvalue weighted by atomic mass is 9.92. The van der Waals surface area contributed by atoms with Gasteiger partial charge in [0.1, 0.15) is 5.82 Å². The molecule has 0 aliphatic carbocycles. The Kier molecular flexibility index (Phi) is 4.58. The zero-order valence-corrected chi connectivity index (χ0v) is 12.1. The quantitative estimate of drug-likeness (QED) is 0.865. The van der Waals surface area contributed by atoms with Crippen LogP contribution in [-0.4, -0.2) is 24.0 Å². The highest BCUT2D eigenvalue weighted by molar-refractivity contribution is 5.30. The molecule has 0 bridgehead atoms. The predicted octanol–water partition coefficient (Wildman–Crippen LogP) is 3.57. The van der Waals surface area contributed by atoms with Gasteiger partial charge < -0.3 is 5.73 Å². The van der Waals surface area contributed by atoms with Crippen LogP contribution in [0.15, 0.2) is 18.2 Å². The molecule has 2 N–H and O–H groups in total. The number of rotatable bonds is 3. The van der Waals surface area contributed by atoms with Crippen molar-refractivity contribution in [3.63, 3.8) is 0 Å². The van der Waals surface area contributed by atoms with Gasteiger partial charge in [0.15, 0.2) is 0 Å². The van der Waals surface area contributed by atoms with E-state index in [1.54, 1.807) is 0 Å². The third-order valence-electron chi connectivity index (χ3n) is 4.17. The molecular formula is C15H20F4N2. The van der Waals surface area contributed by atoms with E-state index in [1.165, 1.54) is 6.07 Å². The number of benzene rings is 1. The topological polar surface area (TPSA) is 29.3 Å². The Morgan fingerprint density at radius 2 is 2.00 bits per heavy atom. The minimum atomic E-state index is -4.68. The third-order valence-corrected chi connectivity index (χ3v) is 4.17. The Bertz CT molecular complexity index is 499. The zero-order chi connectivity index (χ0) is 15.8. The van der Waals surface area contributed by atoms with Gasteiger partial charge in [-0.05, 0) is 57.0 Å². The predicted molar refractivity (Wildman–Crippen MR) is 73.1 cm³/mol. The molecule has 1 saturated heterocycles. The van der Waals surface area contributed by atoms with Crippen molar-refractivity contribution < 1.29 is 17.6 Å². The summed E-state index contributed by atoms with van der Waals surface area (Å²) in [6, 6.07) is 3.30. The fraction of sp³-hybridized carbons (Fsp3) is 0.600. The summed E-state index contributed by atoms with van der Waals surface area (Å²) in [6.45, 7) is 5.20. The molecule has 0 amide bonds. The molecule has 2 unspecified atom stereocenters. The highest BCUT2D eigenvalue weighted by Crippen LogP contribution is 2.40. The maximum Gasteiger partial charge on any atom is 0.419 e. The molecule has 2 rings (SSSR count). The Labute approximate surface area is 121 Å². The second kappa shape index (κ2) is 5.93. The van der Waals surface area contributed by atoms with Gasteiger partial charge in [-0.2, -0.15) is 13.2 Å². The van der Waals surface area contributed by atoms with Crippen LogP contribution in [0.25, 0.3) is 0 Å². The van der Waals surface area contributed by atoms with Crippen LogP contribution < -0.4 is 5.73 Å². The molecule has 0 saturated carbocycles. The third kappa shape index (κ3) is 3.21. The van der Waals surface area contributed by atoms with Gasteiger partial charge in [-0.15, -0.1) is 0 Å². The second-order valence-corrected chi connectivity index (χ2v) is 5.80. The van der Waals surface area contributed by atoms with Crippen molar-refractivity contribution >= 4 is 0 Å². The first-order valence-corrected chi connectivity index (χ1v) is 7.08. The SMILES string of the molecule is CC(C)N1CCC(CN)C1c1ccc(F)c(C(F)(F)F)c1. The van der Waals surface area contributed by atoms with Gasteiger partial charge in [0.2, 0.25) is 0 Å². The molecule has 0 radical (unpaired) electrons. The number of likely N-dealkylation sites (tertiary alicyclic amines) is 1. The minimum Gasteiger partial charge on any atom is -0.330 e. The Morgan fingerprint density at radius 1 is 1.33 bits per heavy atom. The van der Waals surface area contributed by atoms with E-state index in [0.717, 1.165) is 25.1 Å². The van der Waals surface area contributed by atoms with Crippen LogP contribution in [-0.2, 0) is 6.18 Å². The van der Waals surface area contributed by atoms with Crippen molar-refractivity contribution in [2.75, 3.05) is 13.1 Å². The van der Waals surface area contributed by atoms with E-state index in [0.29, 0.717) is 12.1 Å².